The van der Waals surface area contributed by atoms with Crippen LogP contribution in [0.4, 0.5) is 18.9 Å². The number of hydrogen-bond donors (Lipinski definition) is 1. The third-order valence-corrected chi connectivity index (χ3v) is 22.0. The van der Waals surface area contributed by atoms with E-state index in [0.717, 1.165) is 30.1 Å². The van der Waals surface area contributed by atoms with E-state index >= 15 is 0 Å². The molecule has 4 aliphatic rings. The van der Waals surface area contributed by atoms with Gasteiger partial charge in [-0.05, 0) is 45.0 Å². The molecule has 5 rings (SSSR count). The first kappa shape index (κ1) is 39.6. The SMILES string of the molecule is Cc1cc(C)c(N2[CH-]NCC2)c(C)c1.O=S(=O)([O-])C(F)(F)F.[Cl][Ru]([Cl])=[CH][P+](C1CCCCC1)(C1CCCCC1)C1CCCCC1. The molecule has 3 aliphatic carbocycles. The number of rotatable bonds is 5. The van der Waals surface area contributed by atoms with Crippen LogP contribution in [0.3, 0.4) is 0 Å². The Morgan fingerprint density at radius 3 is 1.53 bits per heavy atom. The summed E-state index contributed by atoms with van der Waals surface area (Å²) < 4.78 is 61.6. The normalized spacial score (nSPS) is 21.4. The van der Waals surface area contributed by atoms with Crippen LogP contribution in [0.5, 0.6) is 0 Å². The number of benzene rings is 1. The summed E-state index contributed by atoms with van der Waals surface area (Å²) in [6.07, 6.45) is 22.2. The van der Waals surface area contributed by atoms with Gasteiger partial charge in [-0.15, -0.1) is 0 Å². The number of aryl methyl sites for hydroxylation is 3. The maximum atomic E-state index is 10.7. The van der Waals surface area contributed by atoms with Gasteiger partial charge >= 0.3 is 163 Å². The van der Waals surface area contributed by atoms with Crippen molar-refractivity contribution in [3.8, 4) is 0 Å². The average molecular weight is 804 g/mol. The van der Waals surface area contributed by atoms with Crippen LogP contribution in [0.1, 0.15) is 113 Å². The average Bonchev–Trinajstić information content (AvgIpc) is 3.51. The second-order valence-electron chi connectivity index (χ2n) is 13.0. The van der Waals surface area contributed by atoms with E-state index in [-0.39, 0.29) is 0 Å². The van der Waals surface area contributed by atoms with Crippen molar-refractivity contribution in [2.75, 3.05) is 18.0 Å². The summed E-state index contributed by atoms with van der Waals surface area (Å²) in [7, 11) is 6.01. The van der Waals surface area contributed by atoms with Crippen molar-refractivity contribution in [1.29, 1.82) is 0 Å². The van der Waals surface area contributed by atoms with E-state index in [1.165, 1.54) is 119 Å². The Morgan fingerprint density at radius 2 is 1.24 bits per heavy atom. The minimum absolute atomic E-state index is 0.996. The molecule has 5 nitrogen and oxygen atoms in total. The van der Waals surface area contributed by atoms with E-state index in [2.05, 4.69) is 54.1 Å². The first-order chi connectivity index (χ1) is 21.2. The van der Waals surface area contributed by atoms with Gasteiger partial charge in [-0.25, -0.2) is 8.42 Å². The number of halogens is 5. The molecule has 1 aliphatic heterocycles. The summed E-state index contributed by atoms with van der Waals surface area (Å²) in [5.74, 6) is 0. The van der Waals surface area contributed by atoms with Crippen LogP contribution in [-0.4, -0.2) is 52.9 Å². The van der Waals surface area contributed by atoms with Crippen LogP contribution in [0.15, 0.2) is 12.1 Å². The molecule has 1 aromatic rings. The number of hydrogen-bond acceptors (Lipinski definition) is 5. The van der Waals surface area contributed by atoms with Crippen molar-refractivity contribution in [2.24, 2.45) is 0 Å². The van der Waals surface area contributed by atoms with Crippen molar-refractivity contribution in [1.82, 2.24) is 5.32 Å². The summed E-state index contributed by atoms with van der Waals surface area (Å²) in [5.41, 5.74) is 2.78. The van der Waals surface area contributed by atoms with Crippen molar-refractivity contribution in [3.63, 3.8) is 0 Å². The van der Waals surface area contributed by atoms with Crippen LogP contribution >= 0.6 is 26.6 Å². The Kier molecular flexibility index (Phi) is 16.1. The van der Waals surface area contributed by atoms with E-state index in [9.17, 15) is 13.2 Å². The monoisotopic (exact) mass is 803 g/mol. The van der Waals surface area contributed by atoms with E-state index in [1.54, 1.807) is 0 Å². The van der Waals surface area contributed by atoms with Crippen LogP contribution in [0.2, 0.25) is 0 Å². The van der Waals surface area contributed by atoms with E-state index in [1.807, 2.05) is 0 Å². The summed E-state index contributed by atoms with van der Waals surface area (Å²) >= 11 is -1.68. The summed E-state index contributed by atoms with van der Waals surface area (Å²) in [4.78, 5) is 2.30. The van der Waals surface area contributed by atoms with Gasteiger partial charge in [0.25, 0.3) is 0 Å². The van der Waals surface area contributed by atoms with Crippen LogP contribution in [-0.2, 0) is 23.6 Å². The Balaban J connectivity index is 0.000000213. The Labute approximate surface area is 283 Å². The fourth-order valence-corrected chi connectivity index (χ4v) is 23.6. The number of nitrogens with one attached hydrogen (secondary N) is 1. The zero-order valence-corrected chi connectivity index (χ0v) is 31.8. The molecule has 1 heterocycles. The predicted octanol–water partition coefficient (Wildman–Crippen LogP) is 9.88. The van der Waals surface area contributed by atoms with Gasteiger partial charge in [-0.3, -0.25) is 0 Å². The molecule has 13 heteroatoms. The molecule has 4 fully saturated rings. The first-order valence-electron chi connectivity index (χ1n) is 16.3. The Bertz CT molecular complexity index is 1140. The van der Waals surface area contributed by atoms with Crippen LogP contribution < -0.4 is 10.2 Å². The summed E-state index contributed by atoms with van der Waals surface area (Å²) in [6, 6.07) is 4.49. The van der Waals surface area contributed by atoms with E-state index in [4.69, 9.17) is 32.4 Å². The number of nitrogens with zero attached hydrogens (tertiary/aromatic N) is 1. The Morgan fingerprint density at radius 1 is 0.867 bits per heavy atom. The first-order valence-corrected chi connectivity index (χ1v) is 25.3. The molecule has 1 saturated heterocycles. The fraction of sp³-hybridized carbons (Fsp3) is 0.750. The molecule has 3 saturated carbocycles. The quantitative estimate of drug-likeness (QED) is 0.106. The molecule has 1 aromatic carbocycles. The zero-order chi connectivity index (χ0) is 33.3. The summed E-state index contributed by atoms with van der Waals surface area (Å²) in [6.45, 7) is 10.7. The molecule has 0 atom stereocenters. The third kappa shape index (κ3) is 11.4. The Hall–Kier alpha value is 0.183. The topological polar surface area (TPSA) is 72.5 Å². The van der Waals surface area contributed by atoms with Crippen molar-refractivity contribution in [2.45, 2.75) is 140 Å². The van der Waals surface area contributed by atoms with Gasteiger partial charge in [-0.1, -0.05) is 17.7 Å². The zero-order valence-electron chi connectivity index (χ0n) is 26.8. The van der Waals surface area contributed by atoms with Gasteiger partial charge in [0.1, 0.15) is 0 Å². The fourth-order valence-electron chi connectivity index (χ4n) is 8.05. The molecule has 0 radical (unpaired) electrons. The minimum atomic E-state index is -6.09. The molecule has 0 unspecified atom stereocenters. The molecular formula is C32H51Cl2F3N2O3PRuS-. The van der Waals surface area contributed by atoms with E-state index in [0.29, 0.717) is 0 Å². The predicted molar refractivity (Wildman–Crippen MR) is 181 cm³/mol. The van der Waals surface area contributed by atoms with Crippen LogP contribution in [0, 0.1) is 27.4 Å². The van der Waals surface area contributed by atoms with E-state index < -0.39 is 36.4 Å². The molecule has 262 valence electrons. The molecule has 0 bridgehead atoms. The van der Waals surface area contributed by atoms with Gasteiger partial charge in [0.15, 0.2) is 10.1 Å². The molecule has 0 amide bonds. The van der Waals surface area contributed by atoms with Gasteiger partial charge in [-0.2, -0.15) is 19.8 Å². The molecule has 45 heavy (non-hydrogen) atoms. The van der Waals surface area contributed by atoms with Crippen molar-refractivity contribution >= 4 is 46.8 Å². The van der Waals surface area contributed by atoms with Gasteiger partial charge < -0.3 is 14.8 Å². The van der Waals surface area contributed by atoms with Gasteiger partial charge in [0.05, 0.1) is 0 Å². The van der Waals surface area contributed by atoms with Crippen molar-refractivity contribution in [3.05, 3.63) is 35.5 Å². The summed E-state index contributed by atoms with van der Waals surface area (Å²) in [5, 5.41) is 3.24. The molecule has 0 spiro atoms. The molecule has 0 aromatic heterocycles. The third-order valence-electron chi connectivity index (χ3n) is 9.80. The molecule has 1 N–H and O–H groups in total. The second kappa shape index (κ2) is 18.3. The van der Waals surface area contributed by atoms with Gasteiger partial charge in [0.2, 0.25) is 0 Å². The molecular weight excluding hydrogens is 752 g/mol. The van der Waals surface area contributed by atoms with Crippen molar-refractivity contribution < 1.29 is 39.7 Å². The van der Waals surface area contributed by atoms with Gasteiger partial charge in [0, 0.05) is 5.69 Å². The second-order valence-corrected chi connectivity index (χ2v) is 25.1. The number of alkyl halides is 3. The van der Waals surface area contributed by atoms with Crippen LogP contribution in [0.25, 0.3) is 0 Å². The maximum absolute atomic E-state index is 10.7. The number of anilines is 1. The standard InChI is InChI=1S/C19H34P.C12H17N2.CHF3O3S.2ClH.Ru/c1-20(17-11-5-2-6-12-17,18-13-7-3-8-14-18)19-15-9-4-10-16-19;1-9-6-10(2)12(11(3)7-9)14-5-4-13-8-14;2-1(3,4)8(5,6)7;;;/h1,17-19H,2-16H2;6-8,13H,4-5H2,1-3H3;(H,5,6,7);2*1H;/q+1;-1;;;;+2/p-3.